The van der Waals surface area contributed by atoms with Gasteiger partial charge in [-0.25, -0.2) is 14.4 Å². The summed E-state index contributed by atoms with van der Waals surface area (Å²) in [6, 6.07) is 17.2. The minimum atomic E-state index is -5.08. The average Bonchev–Trinajstić information content (AvgIpc) is 3.97. The summed E-state index contributed by atoms with van der Waals surface area (Å²) in [5.41, 5.74) is 2.61. The molecule has 340 valence electrons. The number of anilines is 1. The van der Waals surface area contributed by atoms with Crippen molar-refractivity contribution in [2.24, 2.45) is 11.8 Å². The summed E-state index contributed by atoms with van der Waals surface area (Å²) in [5, 5.41) is 23.3. The standard InChI is InChI=1S/C42H39Cl2F2N3O8.C2HF3O2/c43-32-20-49(52)21-33(44)31(32)19-36(26-6-9-35(57-42(45)46)37(18-26)54-23-24-4-5-24)55-40(50)29-2-1-3-30(17-29)47-39(28-7-8-34-27(16-28)12-15-53-34)41(51)56-38-22-48-13-10-25(38)11-14-48;3-2(4,5)1(6)7/h1-3,6-9,12,15-18,20-21,24-25,36,38-39,42,47H,4-5,10-11,13-14,19,22-23H2;(H,6,7)/t36?,38-,39?;/m0./s1. The predicted molar refractivity (Wildman–Crippen MR) is 220 cm³/mol. The Morgan fingerprint density at radius 2 is 1.64 bits per heavy atom. The number of hydrogen-bond acceptors (Lipinski definition) is 11. The molecular weight excluding hydrogens is 896 g/mol. The molecule has 9 rings (SSSR count). The van der Waals surface area contributed by atoms with Crippen LogP contribution in [0.3, 0.4) is 0 Å². The van der Waals surface area contributed by atoms with E-state index in [0.717, 1.165) is 56.6 Å². The number of pyridine rings is 1. The van der Waals surface area contributed by atoms with Gasteiger partial charge in [-0.3, -0.25) is 4.90 Å². The van der Waals surface area contributed by atoms with Crippen LogP contribution in [0.15, 0.2) is 89.8 Å². The molecule has 4 fully saturated rings. The minimum Gasteiger partial charge on any atom is -0.619 e. The lowest BCUT2D eigenvalue weighted by atomic mass is 9.86. The van der Waals surface area contributed by atoms with Crippen LogP contribution in [0.2, 0.25) is 10.0 Å². The van der Waals surface area contributed by atoms with Gasteiger partial charge in [0.2, 0.25) is 0 Å². The number of carboxylic acids is 1. The predicted octanol–water partition coefficient (Wildman–Crippen LogP) is 9.33. The van der Waals surface area contributed by atoms with Crippen molar-refractivity contribution in [1.82, 2.24) is 4.90 Å². The van der Waals surface area contributed by atoms with Crippen LogP contribution in [-0.4, -0.2) is 73.0 Å². The molecule has 3 aromatic carbocycles. The fraction of sp³-hybridized carbons (Fsp3) is 0.364. The summed E-state index contributed by atoms with van der Waals surface area (Å²) in [4.78, 5) is 39.2. The highest BCUT2D eigenvalue weighted by Gasteiger charge is 2.39. The molecule has 4 aliphatic rings. The smallest absolute Gasteiger partial charge is 0.490 e. The Kier molecular flexibility index (Phi) is 14.4. The molecule has 3 atom stereocenters. The molecule has 3 aliphatic heterocycles. The molecule has 0 spiro atoms. The molecule has 2 bridgehead atoms. The van der Waals surface area contributed by atoms with E-state index in [9.17, 15) is 36.7 Å². The maximum Gasteiger partial charge on any atom is 0.490 e. The van der Waals surface area contributed by atoms with Crippen molar-refractivity contribution in [3.8, 4) is 11.5 Å². The van der Waals surface area contributed by atoms with Gasteiger partial charge in [-0.15, -0.1) is 0 Å². The highest BCUT2D eigenvalue weighted by molar-refractivity contribution is 6.35. The number of halogens is 7. The number of aromatic nitrogens is 1. The van der Waals surface area contributed by atoms with Gasteiger partial charge < -0.3 is 39.0 Å². The number of hydrogen-bond donors (Lipinski definition) is 2. The first-order valence-corrected chi connectivity index (χ1v) is 20.8. The third kappa shape index (κ3) is 11.8. The largest absolute Gasteiger partial charge is 0.619 e. The monoisotopic (exact) mass is 935 g/mol. The molecule has 5 aromatic rings. The van der Waals surface area contributed by atoms with Crippen molar-refractivity contribution in [3.63, 3.8) is 0 Å². The van der Waals surface area contributed by atoms with Crippen molar-refractivity contribution in [2.45, 2.75) is 63.1 Å². The number of carbonyl (C=O) groups is 3. The zero-order chi connectivity index (χ0) is 45.7. The second-order valence-electron chi connectivity index (χ2n) is 15.5. The van der Waals surface area contributed by atoms with E-state index in [1.165, 1.54) is 18.2 Å². The summed E-state index contributed by atoms with van der Waals surface area (Å²) >= 11 is 12.9. The Labute approximate surface area is 372 Å². The lowest BCUT2D eigenvalue weighted by Gasteiger charge is -2.44. The summed E-state index contributed by atoms with van der Waals surface area (Å²) in [6.45, 7) is -0.0954. The van der Waals surface area contributed by atoms with Gasteiger partial charge in [-0.2, -0.15) is 26.7 Å². The number of furan rings is 1. The van der Waals surface area contributed by atoms with E-state index in [0.29, 0.717) is 57.7 Å². The Morgan fingerprint density at radius 3 is 2.28 bits per heavy atom. The number of rotatable bonds is 15. The number of aliphatic carboxylic acids is 1. The summed E-state index contributed by atoms with van der Waals surface area (Å²) in [5.74, 6) is -3.46. The molecule has 64 heavy (non-hydrogen) atoms. The Hall–Kier alpha value is -5.85. The lowest BCUT2D eigenvalue weighted by Crippen LogP contribution is -2.52. The molecule has 3 saturated heterocycles. The van der Waals surface area contributed by atoms with Crippen LogP contribution >= 0.6 is 23.2 Å². The van der Waals surface area contributed by atoms with Crippen molar-refractivity contribution in [1.29, 1.82) is 0 Å². The molecule has 0 amide bonds. The first kappa shape index (κ1) is 46.2. The second kappa shape index (κ2) is 19.9. The van der Waals surface area contributed by atoms with Crippen LogP contribution in [0.4, 0.5) is 27.6 Å². The number of esters is 2. The van der Waals surface area contributed by atoms with Crippen LogP contribution < -0.4 is 19.5 Å². The van der Waals surface area contributed by atoms with Gasteiger partial charge in [0.1, 0.15) is 27.8 Å². The van der Waals surface area contributed by atoms with Gasteiger partial charge in [-0.1, -0.05) is 41.4 Å². The van der Waals surface area contributed by atoms with Crippen LogP contribution in [0.25, 0.3) is 11.0 Å². The van der Waals surface area contributed by atoms with Crippen LogP contribution in [0.5, 0.6) is 11.5 Å². The summed E-state index contributed by atoms with van der Waals surface area (Å²) in [6.07, 6.45) is 1.25. The molecular formula is C44H40Cl2F5N3O10. The van der Waals surface area contributed by atoms with Gasteiger partial charge in [0.15, 0.2) is 29.9 Å². The third-order valence-electron chi connectivity index (χ3n) is 11.0. The Balaban J connectivity index is 0.000000809. The first-order valence-electron chi connectivity index (χ1n) is 20.1. The Bertz CT molecular complexity index is 2460. The number of nitrogens with zero attached hydrogens (tertiary/aromatic N) is 2. The highest BCUT2D eigenvalue weighted by Crippen LogP contribution is 2.39. The van der Waals surface area contributed by atoms with Crippen molar-refractivity contribution in [3.05, 3.63) is 123 Å². The fourth-order valence-electron chi connectivity index (χ4n) is 7.47. The second-order valence-corrected chi connectivity index (χ2v) is 16.3. The third-order valence-corrected chi connectivity index (χ3v) is 11.6. The number of fused-ring (bicyclic) bond motifs is 4. The molecule has 2 aromatic heterocycles. The van der Waals surface area contributed by atoms with Crippen LogP contribution in [0.1, 0.15) is 64.9 Å². The van der Waals surface area contributed by atoms with E-state index in [2.05, 4.69) is 10.2 Å². The SMILES string of the molecule is O=C(O)C(F)(F)F.O=C(OC(Cc1c(Cl)c[n+]([O-])cc1Cl)c1ccc(OC(F)F)c(OCC2CC2)c1)c1cccc(NC(C(=O)O[C@H]2CN3CCC2CC3)c2ccc3occc3c2)c1. The zero-order valence-electron chi connectivity index (χ0n) is 33.6. The summed E-state index contributed by atoms with van der Waals surface area (Å²) < 4.78 is 87.3. The molecule has 2 N–H and O–H groups in total. The molecule has 2 unspecified atom stereocenters. The molecule has 20 heteroatoms. The van der Waals surface area contributed by atoms with Gasteiger partial charge in [-0.05, 0) is 110 Å². The van der Waals surface area contributed by atoms with E-state index in [4.69, 9.17) is 56.5 Å². The molecule has 1 aliphatic carbocycles. The number of benzene rings is 3. The number of piperidine rings is 3. The molecule has 5 heterocycles. The van der Waals surface area contributed by atoms with Gasteiger partial charge in [0.05, 0.1) is 18.4 Å². The van der Waals surface area contributed by atoms with Crippen LogP contribution in [0, 0.1) is 17.0 Å². The van der Waals surface area contributed by atoms with Gasteiger partial charge in [0.25, 0.3) is 0 Å². The molecule has 0 radical (unpaired) electrons. The van der Waals surface area contributed by atoms with Crippen LogP contribution in [-0.2, 0) is 25.5 Å². The Morgan fingerprint density at radius 1 is 0.938 bits per heavy atom. The van der Waals surface area contributed by atoms with E-state index in [1.54, 1.807) is 42.7 Å². The lowest BCUT2D eigenvalue weighted by molar-refractivity contribution is -0.605. The number of carbonyl (C=O) groups excluding carboxylic acids is 2. The van der Waals surface area contributed by atoms with Crippen molar-refractivity contribution in [2.75, 3.05) is 31.6 Å². The molecule has 13 nitrogen and oxygen atoms in total. The first-order chi connectivity index (χ1) is 30.5. The van der Waals surface area contributed by atoms with Crippen molar-refractivity contribution >= 4 is 57.8 Å². The van der Waals surface area contributed by atoms with E-state index >= 15 is 0 Å². The highest BCUT2D eigenvalue weighted by atomic mass is 35.5. The number of nitrogens with one attached hydrogen (secondary N) is 1. The summed E-state index contributed by atoms with van der Waals surface area (Å²) in [7, 11) is 0. The van der Waals surface area contributed by atoms with Crippen molar-refractivity contribution < 1.29 is 69.5 Å². The molecule has 1 saturated carbocycles. The minimum absolute atomic E-state index is 0.0392. The number of ether oxygens (including phenoxy) is 4. The number of carboxylic acid groups (broad SMARTS) is 1. The zero-order valence-corrected chi connectivity index (χ0v) is 35.1. The van der Waals surface area contributed by atoms with E-state index in [1.807, 2.05) is 12.1 Å². The number of alkyl halides is 5. The maximum absolute atomic E-state index is 14.0. The fourth-order valence-corrected chi connectivity index (χ4v) is 8.06. The topological polar surface area (TPSA) is 164 Å². The average molecular weight is 937 g/mol. The normalized spacial score (nSPS) is 19.0. The quantitative estimate of drug-likeness (QED) is 0.0443. The van der Waals surface area contributed by atoms with E-state index in [-0.39, 0.29) is 39.6 Å². The van der Waals surface area contributed by atoms with Gasteiger partial charge >= 0.3 is 30.7 Å². The van der Waals surface area contributed by atoms with Gasteiger partial charge in [0, 0.05) is 29.6 Å². The maximum atomic E-state index is 14.0. The van der Waals surface area contributed by atoms with E-state index < -0.39 is 42.8 Å².